The molecule has 1 N–H and O–H groups in total. The number of carbonyl (C=O) groups excluding carboxylic acids is 1. The summed E-state index contributed by atoms with van der Waals surface area (Å²) in [5.74, 6) is 0.803. The van der Waals surface area contributed by atoms with E-state index in [2.05, 4.69) is 5.32 Å². The van der Waals surface area contributed by atoms with Crippen molar-refractivity contribution in [1.29, 1.82) is 0 Å². The Kier molecular flexibility index (Phi) is 3.36. The zero-order valence-corrected chi connectivity index (χ0v) is 11.8. The van der Waals surface area contributed by atoms with Crippen LogP contribution in [0.5, 0.6) is 5.75 Å². The molecule has 0 bridgehead atoms. The summed E-state index contributed by atoms with van der Waals surface area (Å²) in [6.45, 7) is 1.87. The number of furan rings is 1. The zero-order chi connectivity index (χ0) is 14.8. The van der Waals surface area contributed by atoms with Crippen molar-refractivity contribution in [3.63, 3.8) is 0 Å². The first-order valence-corrected chi connectivity index (χ1v) is 6.62. The highest BCUT2D eigenvalue weighted by Crippen LogP contribution is 2.29. The van der Waals surface area contributed by atoms with Gasteiger partial charge in [-0.1, -0.05) is 18.2 Å². The molecule has 3 aromatic rings. The lowest BCUT2D eigenvalue weighted by Gasteiger charge is -2.02. The normalized spacial score (nSPS) is 10.6. The summed E-state index contributed by atoms with van der Waals surface area (Å²) < 4.78 is 10.9. The molecular formula is C17H15NO3. The third-order valence-corrected chi connectivity index (χ3v) is 3.38. The number of anilines is 1. The molecule has 0 aliphatic heterocycles. The Morgan fingerprint density at radius 3 is 2.62 bits per heavy atom. The van der Waals surface area contributed by atoms with Gasteiger partial charge in [-0.25, -0.2) is 0 Å². The van der Waals surface area contributed by atoms with E-state index in [9.17, 15) is 4.79 Å². The third-order valence-electron chi connectivity index (χ3n) is 3.38. The molecule has 1 heterocycles. The van der Waals surface area contributed by atoms with Gasteiger partial charge in [0.05, 0.1) is 7.11 Å². The first-order chi connectivity index (χ1) is 10.2. The minimum absolute atomic E-state index is 0.256. The van der Waals surface area contributed by atoms with Gasteiger partial charge in [-0.3, -0.25) is 4.79 Å². The number of aryl methyl sites for hydroxylation is 1. The van der Waals surface area contributed by atoms with E-state index < -0.39 is 0 Å². The fourth-order valence-electron chi connectivity index (χ4n) is 2.25. The summed E-state index contributed by atoms with van der Waals surface area (Å²) in [5, 5.41) is 3.71. The number of nitrogens with one attached hydrogen (secondary N) is 1. The number of benzene rings is 2. The summed E-state index contributed by atoms with van der Waals surface area (Å²) in [7, 11) is 1.61. The van der Waals surface area contributed by atoms with Gasteiger partial charge in [0.15, 0.2) is 5.76 Å². The van der Waals surface area contributed by atoms with Crippen molar-refractivity contribution in [3.8, 4) is 5.75 Å². The second kappa shape index (κ2) is 5.32. The zero-order valence-electron chi connectivity index (χ0n) is 11.8. The average molecular weight is 281 g/mol. The van der Waals surface area contributed by atoms with Crippen LogP contribution in [0.3, 0.4) is 0 Å². The number of hydrogen-bond donors (Lipinski definition) is 1. The standard InChI is InChI=1S/C17H15NO3/c1-11-14-10-13(20-2)8-9-15(14)21-16(11)17(19)18-12-6-4-3-5-7-12/h3-10H,1-2H3,(H,18,19). The van der Waals surface area contributed by atoms with Gasteiger partial charge in [0.2, 0.25) is 0 Å². The molecule has 0 aliphatic carbocycles. The smallest absolute Gasteiger partial charge is 0.291 e. The Hall–Kier alpha value is -2.75. The molecule has 0 fully saturated rings. The Morgan fingerprint density at radius 2 is 1.90 bits per heavy atom. The van der Waals surface area contributed by atoms with Gasteiger partial charge < -0.3 is 14.5 Å². The first-order valence-electron chi connectivity index (χ1n) is 6.62. The number of methoxy groups -OCH3 is 1. The van der Waals surface area contributed by atoms with Crippen molar-refractivity contribution in [2.24, 2.45) is 0 Å². The van der Waals surface area contributed by atoms with E-state index in [1.54, 1.807) is 13.2 Å². The van der Waals surface area contributed by atoms with Crippen molar-refractivity contribution in [1.82, 2.24) is 0 Å². The second-order valence-corrected chi connectivity index (χ2v) is 4.74. The van der Waals surface area contributed by atoms with Gasteiger partial charge in [-0.05, 0) is 37.3 Å². The molecule has 4 nitrogen and oxygen atoms in total. The van der Waals surface area contributed by atoms with Gasteiger partial charge in [0.1, 0.15) is 11.3 Å². The topological polar surface area (TPSA) is 51.5 Å². The number of ether oxygens (including phenoxy) is 1. The van der Waals surface area contributed by atoms with Gasteiger partial charge in [0.25, 0.3) is 5.91 Å². The Balaban J connectivity index is 1.96. The van der Waals surface area contributed by atoms with Crippen molar-refractivity contribution in [2.75, 3.05) is 12.4 Å². The van der Waals surface area contributed by atoms with E-state index in [0.29, 0.717) is 11.3 Å². The molecule has 1 aromatic heterocycles. The molecule has 0 spiro atoms. The van der Waals surface area contributed by atoms with E-state index in [1.165, 1.54) is 0 Å². The van der Waals surface area contributed by atoms with Crippen LogP contribution in [0.1, 0.15) is 16.1 Å². The SMILES string of the molecule is COc1ccc2oc(C(=O)Nc3ccccc3)c(C)c2c1. The van der Waals surface area contributed by atoms with Crippen LogP contribution in [0.25, 0.3) is 11.0 Å². The number of para-hydroxylation sites is 1. The predicted octanol–water partition coefficient (Wildman–Crippen LogP) is 4.00. The first kappa shape index (κ1) is 13.2. The maximum Gasteiger partial charge on any atom is 0.291 e. The highest BCUT2D eigenvalue weighted by Gasteiger charge is 2.18. The minimum atomic E-state index is -0.256. The van der Waals surface area contributed by atoms with Gasteiger partial charge in [0, 0.05) is 16.6 Å². The lowest BCUT2D eigenvalue weighted by atomic mass is 10.1. The van der Waals surface area contributed by atoms with Gasteiger partial charge in [-0.2, -0.15) is 0 Å². The molecule has 106 valence electrons. The Bertz CT molecular complexity index is 790. The molecule has 21 heavy (non-hydrogen) atoms. The molecule has 2 aromatic carbocycles. The van der Waals surface area contributed by atoms with Gasteiger partial charge >= 0.3 is 0 Å². The molecule has 0 unspecified atom stereocenters. The summed E-state index contributed by atoms with van der Waals surface area (Å²) in [4.78, 5) is 12.3. The van der Waals surface area contributed by atoms with Crippen LogP contribution in [0.15, 0.2) is 52.9 Å². The van der Waals surface area contributed by atoms with E-state index in [0.717, 1.165) is 22.4 Å². The van der Waals surface area contributed by atoms with Gasteiger partial charge in [-0.15, -0.1) is 0 Å². The average Bonchev–Trinajstić information content (AvgIpc) is 2.85. The third kappa shape index (κ3) is 2.48. The van der Waals surface area contributed by atoms with E-state index in [-0.39, 0.29) is 5.91 Å². The molecular weight excluding hydrogens is 266 g/mol. The lowest BCUT2D eigenvalue weighted by molar-refractivity contribution is 0.0998. The van der Waals surface area contributed by atoms with Crippen LogP contribution in [0.4, 0.5) is 5.69 Å². The number of fused-ring (bicyclic) bond motifs is 1. The molecule has 0 aliphatic rings. The fourth-order valence-corrected chi connectivity index (χ4v) is 2.25. The quantitative estimate of drug-likeness (QED) is 0.789. The van der Waals surface area contributed by atoms with Crippen molar-refractivity contribution in [3.05, 3.63) is 59.9 Å². The summed E-state index contributed by atoms with van der Waals surface area (Å²) in [6, 6.07) is 14.8. The minimum Gasteiger partial charge on any atom is -0.497 e. The van der Waals surface area contributed by atoms with Crippen LogP contribution in [0.2, 0.25) is 0 Å². The van der Waals surface area contributed by atoms with Crippen molar-refractivity contribution in [2.45, 2.75) is 6.92 Å². The highest BCUT2D eigenvalue weighted by atomic mass is 16.5. The summed E-state index contributed by atoms with van der Waals surface area (Å²) >= 11 is 0. The second-order valence-electron chi connectivity index (χ2n) is 4.74. The fraction of sp³-hybridized carbons (Fsp3) is 0.118. The van der Waals surface area contributed by atoms with E-state index in [1.807, 2.05) is 49.4 Å². The maximum absolute atomic E-state index is 12.3. The number of hydrogen-bond acceptors (Lipinski definition) is 3. The maximum atomic E-state index is 12.3. The van der Waals surface area contributed by atoms with Crippen molar-refractivity contribution >= 4 is 22.6 Å². The Labute approximate surface area is 122 Å². The van der Waals surface area contributed by atoms with E-state index >= 15 is 0 Å². The predicted molar refractivity (Wildman–Crippen MR) is 81.9 cm³/mol. The number of carbonyl (C=O) groups is 1. The Morgan fingerprint density at radius 1 is 1.14 bits per heavy atom. The largest absolute Gasteiger partial charge is 0.497 e. The summed E-state index contributed by atoms with van der Waals surface area (Å²) in [5.41, 5.74) is 2.21. The van der Waals surface area contributed by atoms with Crippen LogP contribution in [0, 0.1) is 6.92 Å². The van der Waals surface area contributed by atoms with Crippen LogP contribution in [-0.2, 0) is 0 Å². The van der Waals surface area contributed by atoms with E-state index in [4.69, 9.17) is 9.15 Å². The summed E-state index contributed by atoms with van der Waals surface area (Å²) in [6.07, 6.45) is 0. The van der Waals surface area contributed by atoms with Crippen LogP contribution in [-0.4, -0.2) is 13.0 Å². The molecule has 0 saturated carbocycles. The number of rotatable bonds is 3. The lowest BCUT2D eigenvalue weighted by Crippen LogP contribution is -2.11. The number of amides is 1. The molecule has 4 heteroatoms. The monoisotopic (exact) mass is 281 g/mol. The van der Waals surface area contributed by atoms with Crippen LogP contribution < -0.4 is 10.1 Å². The molecule has 3 rings (SSSR count). The molecule has 0 atom stereocenters. The molecule has 0 saturated heterocycles. The van der Waals surface area contributed by atoms with Crippen LogP contribution >= 0.6 is 0 Å². The molecule has 0 radical (unpaired) electrons. The van der Waals surface area contributed by atoms with Crippen molar-refractivity contribution < 1.29 is 13.9 Å². The molecule has 1 amide bonds. The highest BCUT2D eigenvalue weighted by molar-refractivity contribution is 6.06.